The molecule has 3 aromatic rings. The van der Waals surface area contributed by atoms with E-state index in [1.807, 2.05) is 0 Å². The molecule has 1 N–H and O–H groups in total. The van der Waals surface area contributed by atoms with Gasteiger partial charge in [-0.2, -0.15) is 17.6 Å². The van der Waals surface area contributed by atoms with Gasteiger partial charge in [0.25, 0.3) is 5.56 Å². The number of nitrogens with one attached hydrogen (secondary N) is 1. The first-order valence-electron chi connectivity index (χ1n) is 16.2. The number of benzene rings is 2. The Labute approximate surface area is 299 Å². The van der Waals surface area contributed by atoms with Gasteiger partial charge in [-0.3, -0.25) is 14.4 Å². The van der Waals surface area contributed by atoms with Gasteiger partial charge in [0.2, 0.25) is 11.7 Å². The van der Waals surface area contributed by atoms with Crippen molar-refractivity contribution in [3.05, 3.63) is 110 Å². The highest BCUT2D eigenvalue weighted by atomic mass is 79.9. The Balaban J connectivity index is 1.87. The van der Waals surface area contributed by atoms with Gasteiger partial charge in [-0.25, -0.2) is 8.78 Å². The first-order valence-corrected chi connectivity index (χ1v) is 17.0. The third kappa shape index (κ3) is 9.32. The number of amides is 1. The second-order valence-corrected chi connectivity index (χ2v) is 13.0. The van der Waals surface area contributed by atoms with Gasteiger partial charge in [0.1, 0.15) is 11.9 Å². The van der Waals surface area contributed by atoms with Gasteiger partial charge in [-0.15, -0.1) is 13.2 Å². The molecule has 1 amide bonds. The number of carbonyl (C=O) groups is 2. The Kier molecular flexibility index (Phi) is 13.0. The van der Waals surface area contributed by atoms with Crippen molar-refractivity contribution < 1.29 is 45.4 Å². The van der Waals surface area contributed by atoms with Crippen LogP contribution in [0.2, 0.25) is 0 Å². The maximum absolute atomic E-state index is 16.5. The molecule has 1 heterocycles. The summed E-state index contributed by atoms with van der Waals surface area (Å²) in [4.78, 5) is 39.7. The van der Waals surface area contributed by atoms with Crippen LogP contribution in [0.4, 0.5) is 26.3 Å². The largest absolute Gasteiger partial charge is 0.490 e. The molecule has 14 heteroatoms. The van der Waals surface area contributed by atoms with Crippen molar-refractivity contribution in [3.63, 3.8) is 0 Å². The second-order valence-electron chi connectivity index (χ2n) is 12.1. The predicted octanol–water partition coefficient (Wildman–Crippen LogP) is 9.17. The summed E-state index contributed by atoms with van der Waals surface area (Å²) in [5.74, 6) is -5.52. The average molecular weight is 784 g/mol. The maximum atomic E-state index is 16.5. The molecule has 0 radical (unpaired) electrons. The van der Waals surface area contributed by atoms with Crippen LogP contribution < -0.4 is 15.6 Å². The Bertz CT molecular complexity index is 1870. The molecule has 0 unspecified atom stereocenters. The molecule has 2 atom stereocenters. The molecular formula is C37H37BrF6N2O5. The lowest BCUT2D eigenvalue weighted by molar-refractivity contribution is -0.144. The van der Waals surface area contributed by atoms with E-state index in [1.54, 1.807) is 13.0 Å². The number of ether oxygens (including phenoxy) is 2. The molecular weight excluding hydrogens is 746 g/mol. The van der Waals surface area contributed by atoms with Gasteiger partial charge in [0.05, 0.1) is 31.2 Å². The van der Waals surface area contributed by atoms with Crippen LogP contribution in [-0.4, -0.2) is 29.7 Å². The van der Waals surface area contributed by atoms with E-state index in [0.29, 0.717) is 31.7 Å². The fraction of sp³-hybridized carbons (Fsp3) is 0.378. The number of halogens is 7. The zero-order valence-corrected chi connectivity index (χ0v) is 29.6. The Morgan fingerprint density at radius 2 is 1.80 bits per heavy atom. The van der Waals surface area contributed by atoms with E-state index in [9.17, 15) is 31.9 Å². The topological polar surface area (TPSA) is 86.6 Å². The van der Waals surface area contributed by atoms with Crippen LogP contribution in [0.15, 0.2) is 65.0 Å². The molecule has 0 spiro atoms. The van der Waals surface area contributed by atoms with Gasteiger partial charge >= 0.3 is 12.1 Å². The number of carbonyl (C=O) groups excluding carboxylic acids is 2. The van der Waals surface area contributed by atoms with Crippen LogP contribution in [0, 0.1) is 24.4 Å². The number of rotatable bonds is 16. The number of aromatic nitrogens is 1. The quantitative estimate of drug-likeness (QED) is 0.0678. The number of alkyl halides is 3. The van der Waals surface area contributed by atoms with Gasteiger partial charge < -0.3 is 19.4 Å². The van der Waals surface area contributed by atoms with Crippen LogP contribution in [0.25, 0.3) is 11.1 Å². The molecule has 274 valence electrons. The Morgan fingerprint density at radius 3 is 2.41 bits per heavy atom. The standard InChI is InChI=1S/C37H37BrF6N2O5/c1-5-8-9-13-51-35-32(20(4)14-27(39)34(35)41)22-15-23(21-11-12-21)33(40)24(16-22)28(18-31(48)50-7-3)45-36(49)29(10-6-2)46-19-26(38)25(17-30(46)47)37(42,43)44/h5-6,14-17,19,21,28-29H,1-2,7-13,18H2,3-4H3,(H,45,49)/t28-,29-/m0/s1. The molecule has 0 bridgehead atoms. The molecule has 1 aromatic heterocycles. The first kappa shape index (κ1) is 39.5. The lowest BCUT2D eigenvalue weighted by atomic mass is 9.90. The molecule has 1 aliphatic carbocycles. The average Bonchev–Trinajstić information content (AvgIpc) is 3.90. The summed E-state index contributed by atoms with van der Waals surface area (Å²) < 4.78 is 98.1. The third-order valence-electron chi connectivity index (χ3n) is 8.34. The molecule has 51 heavy (non-hydrogen) atoms. The summed E-state index contributed by atoms with van der Waals surface area (Å²) in [5.41, 5.74) is -1.71. The monoisotopic (exact) mass is 782 g/mol. The Hall–Kier alpha value is -4.33. The van der Waals surface area contributed by atoms with Crippen LogP contribution >= 0.6 is 15.9 Å². The lowest BCUT2D eigenvalue weighted by Crippen LogP contribution is -2.40. The van der Waals surface area contributed by atoms with Crippen molar-refractivity contribution in [2.75, 3.05) is 13.2 Å². The van der Waals surface area contributed by atoms with Crippen LogP contribution in [0.3, 0.4) is 0 Å². The highest BCUT2D eigenvalue weighted by molar-refractivity contribution is 9.10. The minimum Gasteiger partial charge on any atom is -0.490 e. The first-order chi connectivity index (χ1) is 24.1. The molecule has 1 aliphatic rings. The molecule has 0 saturated heterocycles. The number of nitrogens with zero attached hydrogens (tertiary/aromatic N) is 1. The smallest absolute Gasteiger partial charge is 0.417 e. The summed E-state index contributed by atoms with van der Waals surface area (Å²) >= 11 is 2.82. The SMILES string of the molecule is C=CCCCOc1c(F)c(F)cc(C)c1-c1cc(C2CC2)c(F)c([C@H](CC(=O)OCC)NC(=O)[C@H](CC=C)n2cc(Br)c(C(F)(F)F)cc2=O)c1. The predicted molar refractivity (Wildman–Crippen MR) is 183 cm³/mol. The number of unbranched alkanes of at least 4 members (excludes halogenated alkanes) is 1. The third-order valence-corrected chi connectivity index (χ3v) is 8.97. The maximum Gasteiger partial charge on any atom is 0.417 e. The van der Waals surface area contributed by atoms with E-state index in [2.05, 4.69) is 34.4 Å². The van der Waals surface area contributed by atoms with E-state index in [1.165, 1.54) is 25.1 Å². The number of hydrogen-bond acceptors (Lipinski definition) is 5. The highest BCUT2D eigenvalue weighted by Crippen LogP contribution is 2.46. The summed E-state index contributed by atoms with van der Waals surface area (Å²) in [6.07, 6.45) is 0.342. The van der Waals surface area contributed by atoms with E-state index in [0.717, 1.165) is 16.8 Å². The summed E-state index contributed by atoms with van der Waals surface area (Å²) in [5, 5.41) is 2.60. The zero-order valence-electron chi connectivity index (χ0n) is 28.0. The van der Waals surface area contributed by atoms with E-state index in [-0.39, 0.29) is 59.1 Å². The normalized spacial score (nSPS) is 14.1. The lowest BCUT2D eigenvalue weighted by Gasteiger charge is -2.26. The molecule has 2 aromatic carbocycles. The van der Waals surface area contributed by atoms with Crippen molar-refractivity contribution in [1.29, 1.82) is 0 Å². The van der Waals surface area contributed by atoms with Crippen LogP contribution in [0.5, 0.6) is 5.75 Å². The molecule has 1 saturated carbocycles. The van der Waals surface area contributed by atoms with Gasteiger partial charge in [-0.1, -0.05) is 12.2 Å². The summed E-state index contributed by atoms with van der Waals surface area (Å²) in [6, 6.07) is 1.25. The van der Waals surface area contributed by atoms with E-state index in [4.69, 9.17) is 9.47 Å². The fourth-order valence-electron chi connectivity index (χ4n) is 5.76. The molecule has 0 aliphatic heterocycles. The van der Waals surface area contributed by atoms with Crippen molar-refractivity contribution in [2.45, 2.75) is 76.6 Å². The number of esters is 1. The number of allylic oxidation sites excluding steroid dienone is 2. The fourth-order valence-corrected chi connectivity index (χ4v) is 6.32. The minimum atomic E-state index is -4.86. The Morgan fingerprint density at radius 1 is 1.10 bits per heavy atom. The van der Waals surface area contributed by atoms with Crippen LogP contribution in [-0.2, 0) is 20.5 Å². The van der Waals surface area contributed by atoms with Crippen molar-refractivity contribution in [2.24, 2.45) is 0 Å². The van der Waals surface area contributed by atoms with Gasteiger partial charge in [0.15, 0.2) is 11.6 Å². The number of pyridine rings is 1. The number of hydrogen-bond donors (Lipinski definition) is 1. The summed E-state index contributed by atoms with van der Waals surface area (Å²) in [7, 11) is 0. The van der Waals surface area contributed by atoms with E-state index < -0.39 is 69.6 Å². The van der Waals surface area contributed by atoms with Crippen molar-refractivity contribution >= 4 is 27.8 Å². The van der Waals surface area contributed by atoms with Crippen molar-refractivity contribution in [3.8, 4) is 16.9 Å². The number of aryl methyl sites for hydroxylation is 1. The molecule has 1 fully saturated rings. The van der Waals surface area contributed by atoms with Crippen LogP contribution in [0.1, 0.15) is 85.7 Å². The zero-order chi connectivity index (χ0) is 37.6. The summed E-state index contributed by atoms with van der Waals surface area (Å²) in [6.45, 7) is 10.3. The second kappa shape index (κ2) is 16.8. The molecule has 7 nitrogen and oxygen atoms in total. The minimum absolute atomic E-state index is 0.0219. The highest BCUT2D eigenvalue weighted by Gasteiger charge is 2.36. The molecule has 4 rings (SSSR count). The van der Waals surface area contributed by atoms with Crippen molar-refractivity contribution in [1.82, 2.24) is 9.88 Å². The van der Waals surface area contributed by atoms with E-state index >= 15 is 8.78 Å². The van der Waals surface area contributed by atoms with Gasteiger partial charge in [-0.05, 0) is 103 Å². The van der Waals surface area contributed by atoms with Gasteiger partial charge in [0, 0.05) is 27.9 Å².